The first-order valence-electron chi connectivity index (χ1n) is 5.83. The normalized spacial score (nSPS) is 13.0. The van der Waals surface area contributed by atoms with Gasteiger partial charge in [-0.1, -0.05) is 24.3 Å². The minimum atomic E-state index is -0.0667. The molecule has 0 amide bonds. The molecule has 0 unspecified atom stereocenters. The van der Waals surface area contributed by atoms with Gasteiger partial charge in [-0.2, -0.15) is 0 Å². The number of nitrogens with two attached hydrogens (primary N) is 1. The predicted molar refractivity (Wildman–Crippen MR) is 67.8 cm³/mol. The van der Waals surface area contributed by atoms with Crippen LogP contribution in [-0.4, -0.2) is 4.98 Å². The summed E-state index contributed by atoms with van der Waals surface area (Å²) in [6.45, 7) is 0.296. The molecule has 1 aliphatic rings. The van der Waals surface area contributed by atoms with E-state index >= 15 is 0 Å². The Morgan fingerprint density at radius 3 is 2.76 bits per heavy atom. The van der Waals surface area contributed by atoms with E-state index in [1.54, 1.807) is 0 Å². The SMILES string of the molecule is NCc1cc2c([nH]c1=O)-c1ccccc1CC2. The average Bonchev–Trinajstić information content (AvgIpc) is 2.38. The van der Waals surface area contributed by atoms with Gasteiger partial charge in [-0.25, -0.2) is 0 Å². The third kappa shape index (κ3) is 1.59. The third-order valence-corrected chi connectivity index (χ3v) is 3.37. The molecule has 0 aliphatic heterocycles. The maximum absolute atomic E-state index is 11.8. The van der Waals surface area contributed by atoms with Crippen molar-refractivity contribution >= 4 is 0 Å². The Labute approximate surface area is 99.3 Å². The van der Waals surface area contributed by atoms with Crippen LogP contribution in [0.4, 0.5) is 0 Å². The summed E-state index contributed by atoms with van der Waals surface area (Å²) in [6.07, 6.45) is 2.00. The summed E-state index contributed by atoms with van der Waals surface area (Å²) in [4.78, 5) is 14.8. The number of H-pyrrole nitrogens is 1. The first-order valence-corrected chi connectivity index (χ1v) is 5.83. The molecule has 1 aliphatic carbocycles. The number of benzene rings is 1. The minimum absolute atomic E-state index is 0.0667. The van der Waals surface area contributed by atoms with Crippen molar-refractivity contribution in [3.05, 3.63) is 57.4 Å². The fraction of sp³-hybridized carbons (Fsp3) is 0.214. The first kappa shape index (κ1) is 10.3. The van der Waals surface area contributed by atoms with Gasteiger partial charge >= 0.3 is 0 Å². The second kappa shape index (κ2) is 3.86. The Balaban J connectivity index is 2.26. The van der Waals surface area contributed by atoms with E-state index in [0.29, 0.717) is 12.1 Å². The Morgan fingerprint density at radius 2 is 1.94 bits per heavy atom. The van der Waals surface area contributed by atoms with E-state index in [1.807, 2.05) is 18.2 Å². The highest BCUT2D eigenvalue weighted by atomic mass is 16.1. The number of pyridine rings is 1. The van der Waals surface area contributed by atoms with Crippen LogP contribution in [-0.2, 0) is 19.4 Å². The fourth-order valence-corrected chi connectivity index (χ4v) is 2.46. The van der Waals surface area contributed by atoms with Crippen LogP contribution < -0.4 is 11.3 Å². The van der Waals surface area contributed by atoms with Crippen molar-refractivity contribution in [1.82, 2.24) is 4.98 Å². The molecule has 2 aromatic rings. The topological polar surface area (TPSA) is 58.9 Å². The first-order chi connectivity index (χ1) is 8.29. The van der Waals surface area contributed by atoms with Crippen molar-refractivity contribution in [3.63, 3.8) is 0 Å². The summed E-state index contributed by atoms with van der Waals surface area (Å²) >= 11 is 0. The average molecular weight is 226 g/mol. The monoisotopic (exact) mass is 226 g/mol. The molecule has 0 bridgehead atoms. The van der Waals surface area contributed by atoms with Crippen LogP contribution in [0.2, 0.25) is 0 Å². The van der Waals surface area contributed by atoms with Gasteiger partial charge < -0.3 is 10.7 Å². The highest BCUT2D eigenvalue weighted by molar-refractivity contribution is 5.69. The second-order valence-electron chi connectivity index (χ2n) is 4.39. The lowest BCUT2D eigenvalue weighted by atomic mass is 9.88. The van der Waals surface area contributed by atoms with Crippen LogP contribution in [0, 0.1) is 0 Å². The van der Waals surface area contributed by atoms with Crippen LogP contribution in [0.1, 0.15) is 16.7 Å². The van der Waals surface area contributed by atoms with E-state index < -0.39 is 0 Å². The number of hydrogen-bond donors (Lipinski definition) is 2. The molecule has 3 nitrogen and oxygen atoms in total. The van der Waals surface area contributed by atoms with Crippen LogP contribution in [0.15, 0.2) is 35.1 Å². The minimum Gasteiger partial charge on any atom is -0.326 e. The number of fused-ring (bicyclic) bond motifs is 3. The van der Waals surface area contributed by atoms with Crippen LogP contribution in [0.25, 0.3) is 11.3 Å². The van der Waals surface area contributed by atoms with Gasteiger partial charge in [0.2, 0.25) is 0 Å². The lowest BCUT2D eigenvalue weighted by molar-refractivity contribution is 0.904. The van der Waals surface area contributed by atoms with Gasteiger partial charge in [0.15, 0.2) is 0 Å². The molecule has 0 radical (unpaired) electrons. The smallest absolute Gasteiger partial charge is 0.252 e. The summed E-state index contributed by atoms with van der Waals surface area (Å²) in [5.41, 5.74) is 10.8. The molecule has 0 saturated heterocycles. The molecule has 1 aromatic carbocycles. The largest absolute Gasteiger partial charge is 0.326 e. The lowest BCUT2D eigenvalue weighted by Gasteiger charge is -2.19. The maximum Gasteiger partial charge on any atom is 0.252 e. The quantitative estimate of drug-likeness (QED) is 0.776. The molecule has 3 N–H and O–H groups in total. The van der Waals surface area contributed by atoms with E-state index in [2.05, 4.69) is 17.1 Å². The molecule has 0 fully saturated rings. The number of hydrogen-bond acceptors (Lipinski definition) is 2. The molecule has 0 spiro atoms. The Morgan fingerprint density at radius 1 is 1.18 bits per heavy atom. The van der Waals surface area contributed by atoms with E-state index in [4.69, 9.17) is 5.73 Å². The zero-order valence-corrected chi connectivity index (χ0v) is 9.49. The second-order valence-corrected chi connectivity index (χ2v) is 4.39. The summed E-state index contributed by atoms with van der Waals surface area (Å²) in [7, 11) is 0. The number of aryl methyl sites for hydroxylation is 2. The molecule has 0 atom stereocenters. The summed E-state index contributed by atoms with van der Waals surface area (Å²) < 4.78 is 0. The molecule has 17 heavy (non-hydrogen) atoms. The molecule has 86 valence electrons. The van der Waals surface area contributed by atoms with Gasteiger partial charge in [-0.3, -0.25) is 4.79 Å². The lowest BCUT2D eigenvalue weighted by Crippen LogP contribution is -2.20. The summed E-state index contributed by atoms with van der Waals surface area (Å²) in [5.74, 6) is 0. The molecule has 0 saturated carbocycles. The standard InChI is InChI=1S/C14H14N2O/c15-8-11-7-10-6-5-9-3-1-2-4-12(9)13(10)16-14(11)17/h1-4,7H,5-6,8,15H2,(H,16,17). The molecular formula is C14H14N2O. The highest BCUT2D eigenvalue weighted by Crippen LogP contribution is 2.30. The van der Waals surface area contributed by atoms with E-state index in [0.717, 1.165) is 24.1 Å². The van der Waals surface area contributed by atoms with Crippen LogP contribution in [0.3, 0.4) is 0 Å². The van der Waals surface area contributed by atoms with E-state index in [1.165, 1.54) is 11.1 Å². The fourth-order valence-electron chi connectivity index (χ4n) is 2.46. The molecular weight excluding hydrogens is 212 g/mol. The molecule has 1 aromatic heterocycles. The number of nitrogens with one attached hydrogen (secondary N) is 1. The van der Waals surface area contributed by atoms with E-state index in [9.17, 15) is 4.79 Å². The summed E-state index contributed by atoms with van der Waals surface area (Å²) in [6, 6.07) is 10.2. The Kier molecular flexibility index (Phi) is 2.34. The van der Waals surface area contributed by atoms with Gasteiger partial charge in [0, 0.05) is 17.7 Å². The highest BCUT2D eigenvalue weighted by Gasteiger charge is 2.17. The van der Waals surface area contributed by atoms with Crippen molar-refractivity contribution in [2.75, 3.05) is 0 Å². The predicted octanol–water partition coefficient (Wildman–Crippen LogP) is 1.60. The zero-order valence-electron chi connectivity index (χ0n) is 9.49. The molecule has 3 heteroatoms. The molecule has 1 heterocycles. The van der Waals surface area contributed by atoms with Crippen molar-refractivity contribution in [2.45, 2.75) is 19.4 Å². The van der Waals surface area contributed by atoms with Crippen LogP contribution in [0.5, 0.6) is 0 Å². The number of rotatable bonds is 1. The Hall–Kier alpha value is -1.87. The van der Waals surface area contributed by atoms with Crippen molar-refractivity contribution < 1.29 is 0 Å². The van der Waals surface area contributed by atoms with Gasteiger partial charge in [-0.05, 0) is 30.0 Å². The van der Waals surface area contributed by atoms with Crippen molar-refractivity contribution in [1.29, 1.82) is 0 Å². The van der Waals surface area contributed by atoms with Gasteiger partial charge in [0.1, 0.15) is 0 Å². The summed E-state index contributed by atoms with van der Waals surface area (Å²) in [5, 5.41) is 0. The molecule has 3 rings (SSSR count). The zero-order chi connectivity index (χ0) is 11.8. The third-order valence-electron chi connectivity index (χ3n) is 3.37. The van der Waals surface area contributed by atoms with Gasteiger partial charge in [0.05, 0.1) is 5.69 Å². The van der Waals surface area contributed by atoms with Crippen molar-refractivity contribution in [3.8, 4) is 11.3 Å². The Bertz CT molecular complexity index is 628. The number of aromatic nitrogens is 1. The maximum atomic E-state index is 11.8. The number of aromatic amines is 1. The van der Waals surface area contributed by atoms with Gasteiger partial charge in [0.25, 0.3) is 5.56 Å². The van der Waals surface area contributed by atoms with Gasteiger partial charge in [-0.15, -0.1) is 0 Å². The van der Waals surface area contributed by atoms with Crippen LogP contribution >= 0.6 is 0 Å². The van der Waals surface area contributed by atoms with E-state index in [-0.39, 0.29) is 5.56 Å². The van der Waals surface area contributed by atoms with Crippen molar-refractivity contribution in [2.24, 2.45) is 5.73 Å².